The monoisotopic (exact) mass is 368 g/mol. The molecule has 1 N–H and O–H groups in total. The number of amides is 2. The second-order valence-corrected chi connectivity index (χ2v) is 7.43. The first kappa shape index (κ1) is 16.2. The van der Waals surface area contributed by atoms with Crippen molar-refractivity contribution in [2.24, 2.45) is 0 Å². The zero-order valence-electron chi connectivity index (χ0n) is 13.5. The molecule has 0 spiro atoms. The van der Waals surface area contributed by atoms with E-state index in [2.05, 4.69) is 28.9 Å². The molecular weight excluding hydrogens is 352 g/mol. The lowest BCUT2D eigenvalue weighted by molar-refractivity contribution is 0.194. The van der Waals surface area contributed by atoms with E-state index < -0.39 is 0 Å². The van der Waals surface area contributed by atoms with Crippen LogP contribution in [-0.4, -0.2) is 17.5 Å². The largest absolute Gasteiger partial charge is 0.322 e. The molecule has 0 radical (unpaired) electrons. The van der Waals surface area contributed by atoms with Gasteiger partial charge in [-0.15, -0.1) is 11.3 Å². The first-order valence-electron chi connectivity index (χ1n) is 8.17. The van der Waals surface area contributed by atoms with Crippen LogP contribution in [0.2, 0.25) is 5.02 Å². The highest BCUT2D eigenvalue weighted by atomic mass is 35.5. The van der Waals surface area contributed by atoms with Crippen LogP contribution in [0.1, 0.15) is 22.0 Å². The van der Waals surface area contributed by atoms with E-state index in [-0.39, 0.29) is 12.1 Å². The number of fused-ring (bicyclic) bond motifs is 1. The number of rotatable bonds is 2. The molecule has 2 aromatic carbocycles. The van der Waals surface area contributed by atoms with Gasteiger partial charge >= 0.3 is 6.03 Å². The minimum atomic E-state index is -0.104. The van der Waals surface area contributed by atoms with Gasteiger partial charge in [0.05, 0.1) is 6.04 Å². The normalized spacial score (nSPS) is 16.4. The van der Waals surface area contributed by atoms with Gasteiger partial charge in [-0.05, 0) is 47.2 Å². The maximum atomic E-state index is 13.0. The first-order valence-corrected chi connectivity index (χ1v) is 9.42. The number of nitrogens with one attached hydrogen (secondary N) is 1. The van der Waals surface area contributed by atoms with E-state index in [0.717, 1.165) is 12.0 Å². The van der Waals surface area contributed by atoms with Gasteiger partial charge in [-0.25, -0.2) is 4.79 Å². The summed E-state index contributed by atoms with van der Waals surface area (Å²) in [6, 6.07) is 19.4. The number of halogens is 1. The predicted molar refractivity (Wildman–Crippen MR) is 103 cm³/mol. The zero-order valence-corrected chi connectivity index (χ0v) is 15.1. The summed E-state index contributed by atoms with van der Waals surface area (Å²) in [7, 11) is 0. The Morgan fingerprint density at radius 3 is 2.76 bits per heavy atom. The molecule has 3 nitrogen and oxygen atoms in total. The maximum absolute atomic E-state index is 13.0. The van der Waals surface area contributed by atoms with Crippen molar-refractivity contribution in [2.45, 2.75) is 12.5 Å². The van der Waals surface area contributed by atoms with Crippen molar-refractivity contribution in [3.05, 3.63) is 87.1 Å². The van der Waals surface area contributed by atoms with Crippen molar-refractivity contribution < 1.29 is 4.79 Å². The van der Waals surface area contributed by atoms with Crippen LogP contribution in [-0.2, 0) is 6.42 Å². The topological polar surface area (TPSA) is 32.3 Å². The van der Waals surface area contributed by atoms with Crippen LogP contribution in [0.3, 0.4) is 0 Å². The molecule has 1 unspecified atom stereocenters. The molecule has 4 rings (SSSR count). The Labute approximate surface area is 155 Å². The molecule has 1 aliphatic heterocycles. The van der Waals surface area contributed by atoms with E-state index in [0.29, 0.717) is 17.3 Å². The van der Waals surface area contributed by atoms with Gasteiger partial charge in [-0.1, -0.05) is 48.0 Å². The number of carbonyl (C=O) groups is 1. The molecule has 1 atom stereocenters. The van der Waals surface area contributed by atoms with Gasteiger partial charge in [-0.2, -0.15) is 0 Å². The molecule has 0 bridgehead atoms. The molecule has 3 aromatic rings. The molecule has 25 heavy (non-hydrogen) atoms. The minimum Gasteiger partial charge on any atom is -0.313 e. The Morgan fingerprint density at radius 2 is 1.96 bits per heavy atom. The van der Waals surface area contributed by atoms with Gasteiger partial charge in [-0.3, -0.25) is 0 Å². The fourth-order valence-electron chi connectivity index (χ4n) is 3.29. The fourth-order valence-corrected chi connectivity index (χ4v) is 4.39. The van der Waals surface area contributed by atoms with E-state index in [9.17, 15) is 4.79 Å². The van der Waals surface area contributed by atoms with E-state index in [1.165, 1.54) is 10.4 Å². The molecule has 5 heteroatoms. The number of urea groups is 1. The molecule has 0 saturated heterocycles. The van der Waals surface area contributed by atoms with Gasteiger partial charge in [0.15, 0.2) is 0 Å². The van der Waals surface area contributed by atoms with Crippen LogP contribution >= 0.6 is 22.9 Å². The molecular formula is C20H17ClN2OS. The molecule has 126 valence electrons. The Kier molecular flexibility index (Phi) is 4.47. The first-order chi connectivity index (χ1) is 12.2. The molecule has 0 fully saturated rings. The van der Waals surface area contributed by atoms with Crippen LogP contribution in [0.25, 0.3) is 0 Å². The lowest BCUT2D eigenvalue weighted by Crippen LogP contribution is -2.42. The number of nitrogens with zero attached hydrogens (tertiary/aromatic N) is 1. The standard InChI is InChI=1S/C20H17ClN2OS/c21-15-7-4-8-16(13-15)22-20(24)23-11-9-18-17(10-12-25-18)19(23)14-5-2-1-3-6-14/h1-8,10,12-13,19H,9,11H2,(H,22,24). The average Bonchev–Trinajstić information content (AvgIpc) is 3.10. The third kappa shape index (κ3) is 3.28. The average molecular weight is 369 g/mol. The third-order valence-electron chi connectivity index (χ3n) is 4.42. The van der Waals surface area contributed by atoms with Crippen LogP contribution in [0, 0.1) is 0 Å². The Hall–Kier alpha value is -2.30. The minimum absolute atomic E-state index is 0.0598. The number of carbonyl (C=O) groups excluding carboxylic acids is 1. The molecule has 0 saturated carbocycles. The van der Waals surface area contributed by atoms with Crippen LogP contribution in [0.5, 0.6) is 0 Å². The van der Waals surface area contributed by atoms with Crippen molar-refractivity contribution in [1.29, 1.82) is 0 Å². The predicted octanol–water partition coefficient (Wildman–Crippen LogP) is 5.58. The summed E-state index contributed by atoms with van der Waals surface area (Å²) in [5.74, 6) is 0. The second kappa shape index (κ2) is 6.90. The number of thiophene rings is 1. The Bertz CT molecular complexity index is 893. The Morgan fingerprint density at radius 1 is 1.12 bits per heavy atom. The van der Waals surface area contributed by atoms with E-state index in [1.807, 2.05) is 35.2 Å². The van der Waals surface area contributed by atoms with Gasteiger partial charge in [0.2, 0.25) is 0 Å². The van der Waals surface area contributed by atoms with Crippen molar-refractivity contribution in [1.82, 2.24) is 4.90 Å². The molecule has 1 aliphatic rings. The molecule has 2 heterocycles. The smallest absolute Gasteiger partial charge is 0.313 e. The van der Waals surface area contributed by atoms with Gasteiger partial charge < -0.3 is 10.2 Å². The maximum Gasteiger partial charge on any atom is 0.322 e. The SMILES string of the molecule is O=C(Nc1cccc(Cl)c1)N1CCc2sccc2C1c1ccccc1. The summed E-state index contributed by atoms with van der Waals surface area (Å²) in [5, 5.41) is 5.70. The summed E-state index contributed by atoms with van der Waals surface area (Å²) in [6.07, 6.45) is 0.888. The number of hydrogen-bond acceptors (Lipinski definition) is 2. The van der Waals surface area contributed by atoms with Crippen LogP contribution < -0.4 is 5.32 Å². The van der Waals surface area contributed by atoms with Gasteiger partial charge in [0.25, 0.3) is 0 Å². The van der Waals surface area contributed by atoms with Gasteiger partial charge in [0.1, 0.15) is 0 Å². The lowest BCUT2D eigenvalue weighted by Gasteiger charge is -2.36. The summed E-state index contributed by atoms with van der Waals surface area (Å²) in [5.41, 5.74) is 3.06. The highest BCUT2D eigenvalue weighted by Gasteiger charge is 2.32. The summed E-state index contributed by atoms with van der Waals surface area (Å²) >= 11 is 7.80. The van der Waals surface area contributed by atoms with E-state index in [4.69, 9.17) is 11.6 Å². The van der Waals surface area contributed by atoms with Crippen molar-refractivity contribution in [3.8, 4) is 0 Å². The van der Waals surface area contributed by atoms with Crippen LogP contribution in [0.4, 0.5) is 10.5 Å². The lowest BCUT2D eigenvalue weighted by atomic mass is 9.93. The zero-order chi connectivity index (χ0) is 17.2. The van der Waals surface area contributed by atoms with Crippen molar-refractivity contribution >= 4 is 34.7 Å². The fraction of sp³-hybridized carbons (Fsp3) is 0.150. The van der Waals surface area contributed by atoms with E-state index >= 15 is 0 Å². The van der Waals surface area contributed by atoms with E-state index in [1.54, 1.807) is 23.5 Å². The molecule has 2 amide bonds. The summed E-state index contributed by atoms with van der Waals surface area (Å²) in [4.78, 5) is 16.2. The number of anilines is 1. The van der Waals surface area contributed by atoms with Crippen LogP contribution in [0.15, 0.2) is 66.0 Å². The number of benzene rings is 2. The summed E-state index contributed by atoms with van der Waals surface area (Å²) < 4.78 is 0. The highest BCUT2D eigenvalue weighted by Crippen LogP contribution is 2.38. The van der Waals surface area contributed by atoms with Crippen molar-refractivity contribution in [2.75, 3.05) is 11.9 Å². The Balaban J connectivity index is 1.66. The van der Waals surface area contributed by atoms with Crippen molar-refractivity contribution in [3.63, 3.8) is 0 Å². The number of hydrogen-bond donors (Lipinski definition) is 1. The molecule has 0 aliphatic carbocycles. The summed E-state index contributed by atoms with van der Waals surface area (Å²) in [6.45, 7) is 0.694. The van der Waals surface area contributed by atoms with Gasteiger partial charge in [0, 0.05) is 22.1 Å². The quantitative estimate of drug-likeness (QED) is 0.629. The highest BCUT2D eigenvalue weighted by molar-refractivity contribution is 7.10. The second-order valence-electron chi connectivity index (χ2n) is 6.00. The molecule has 1 aromatic heterocycles. The third-order valence-corrected chi connectivity index (χ3v) is 5.65.